The number of fused-ring (bicyclic) bond motifs is 1. The molecule has 1 atom stereocenters. The van der Waals surface area contributed by atoms with Gasteiger partial charge < -0.3 is 0 Å². The number of ketones is 3. The van der Waals surface area contributed by atoms with E-state index >= 15 is 0 Å². The number of halogens is 1. The molecule has 0 N–H and O–H groups in total. The van der Waals surface area contributed by atoms with Gasteiger partial charge in [-0.25, -0.2) is 4.39 Å². The maximum Gasteiger partial charge on any atom is 0.191 e. The van der Waals surface area contributed by atoms with Crippen LogP contribution in [0.4, 0.5) is 4.39 Å². The molecule has 28 heavy (non-hydrogen) atoms. The van der Waals surface area contributed by atoms with Gasteiger partial charge >= 0.3 is 0 Å². The second-order valence-corrected chi connectivity index (χ2v) is 7.52. The Hall–Kier alpha value is -3.14. The number of hydrogen-bond donors (Lipinski definition) is 0. The van der Waals surface area contributed by atoms with E-state index < -0.39 is 11.7 Å². The molecule has 0 fully saturated rings. The Bertz CT molecular complexity index is 1140. The van der Waals surface area contributed by atoms with Crippen molar-refractivity contribution in [1.82, 2.24) is 0 Å². The predicted molar refractivity (Wildman–Crippen MR) is 102 cm³/mol. The van der Waals surface area contributed by atoms with Gasteiger partial charge in [-0.1, -0.05) is 48.0 Å². The van der Waals surface area contributed by atoms with Crippen molar-refractivity contribution in [3.63, 3.8) is 0 Å². The first-order valence-electron chi connectivity index (χ1n) is 9.49. The minimum atomic E-state index is -0.808. The van der Waals surface area contributed by atoms with Crippen LogP contribution in [0.25, 0.3) is 0 Å². The molecule has 2 aromatic carbocycles. The molecule has 4 heteroatoms. The van der Waals surface area contributed by atoms with E-state index in [0.717, 1.165) is 12.0 Å². The fourth-order valence-corrected chi connectivity index (χ4v) is 4.78. The average Bonchev–Trinajstić information content (AvgIpc) is 2.71. The molecular formula is C24H17FO3. The third-order valence-corrected chi connectivity index (χ3v) is 6.01. The summed E-state index contributed by atoms with van der Waals surface area (Å²) in [4.78, 5) is 39.4. The van der Waals surface area contributed by atoms with Gasteiger partial charge in [-0.3, -0.25) is 14.4 Å². The van der Waals surface area contributed by atoms with Crippen molar-refractivity contribution in [3.05, 3.63) is 93.3 Å². The molecule has 2 aromatic rings. The molecule has 0 saturated heterocycles. The van der Waals surface area contributed by atoms with Crippen molar-refractivity contribution in [2.45, 2.75) is 31.6 Å². The van der Waals surface area contributed by atoms with E-state index in [2.05, 4.69) is 0 Å². The molecule has 0 aliphatic heterocycles. The molecule has 0 amide bonds. The van der Waals surface area contributed by atoms with E-state index in [1.807, 2.05) is 0 Å². The molecule has 1 unspecified atom stereocenters. The van der Waals surface area contributed by atoms with Crippen LogP contribution in [0.15, 0.2) is 70.8 Å². The van der Waals surface area contributed by atoms with Crippen LogP contribution in [-0.4, -0.2) is 17.3 Å². The Labute approximate surface area is 161 Å². The van der Waals surface area contributed by atoms with Crippen LogP contribution in [0.3, 0.4) is 0 Å². The first-order chi connectivity index (χ1) is 13.6. The van der Waals surface area contributed by atoms with E-state index in [1.165, 1.54) is 6.07 Å². The van der Waals surface area contributed by atoms with E-state index in [1.54, 1.807) is 42.5 Å². The van der Waals surface area contributed by atoms with Crippen molar-refractivity contribution < 1.29 is 18.8 Å². The number of Topliss-reactive ketones (excluding diaryl/α,β-unsaturated/α-hetero) is 3. The van der Waals surface area contributed by atoms with E-state index in [4.69, 9.17) is 0 Å². The fraction of sp³-hybridized carbons (Fsp3) is 0.208. The summed E-state index contributed by atoms with van der Waals surface area (Å²) in [6.07, 6.45) is 2.13. The van der Waals surface area contributed by atoms with Gasteiger partial charge in [-0.15, -0.1) is 0 Å². The largest absolute Gasteiger partial charge is 0.295 e. The monoisotopic (exact) mass is 372 g/mol. The van der Waals surface area contributed by atoms with Crippen molar-refractivity contribution in [1.29, 1.82) is 0 Å². The molecule has 138 valence electrons. The number of carbonyl (C=O) groups is 3. The molecular weight excluding hydrogens is 355 g/mol. The molecule has 5 rings (SSSR count). The molecule has 3 aliphatic carbocycles. The van der Waals surface area contributed by atoms with Gasteiger partial charge in [0.2, 0.25) is 0 Å². The van der Waals surface area contributed by atoms with Crippen molar-refractivity contribution in [2.24, 2.45) is 0 Å². The normalized spacial score (nSPS) is 21.5. The molecule has 0 heterocycles. The minimum absolute atomic E-state index is 0.0415. The zero-order valence-electron chi connectivity index (χ0n) is 15.1. The van der Waals surface area contributed by atoms with Gasteiger partial charge in [0.05, 0.1) is 0 Å². The molecule has 0 spiro atoms. The lowest BCUT2D eigenvalue weighted by Crippen LogP contribution is -2.33. The van der Waals surface area contributed by atoms with Crippen molar-refractivity contribution >= 4 is 17.3 Å². The predicted octanol–water partition coefficient (Wildman–Crippen LogP) is 4.74. The smallest absolute Gasteiger partial charge is 0.191 e. The second kappa shape index (κ2) is 6.20. The minimum Gasteiger partial charge on any atom is -0.295 e. The molecule has 0 bridgehead atoms. The Kier molecular flexibility index (Phi) is 3.76. The topological polar surface area (TPSA) is 51.2 Å². The Morgan fingerprint density at radius 2 is 1.46 bits per heavy atom. The van der Waals surface area contributed by atoms with Gasteiger partial charge in [-0.2, -0.15) is 0 Å². The summed E-state index contributed by atoms with van der Waals surface area (Å²) >= 11 is 0. The third-order valence-electron chi connectivity index (χ3n) is 6.01. The zero-order valence-corrected chi connectivity index (χ0v) is 15.1. The van der Waals surface area contributed by atoms with Gasteiger partial charge in [0, 0.05) is 40.2 Å². The summed E-state index contributed by atoms with van der Waals surface area (Å²) in [6, 6.07) is 13.0. The Morgan fingerprint density at radius 1 is 0.786 bits per heavy atom. The number of allylic oxidation sites excluding steroid dienone is 4. The van der Waals surface area contributed by atoms with Crippen LogP contribution in [0.2, 0.25) is 0 Å². The number of benzene rings is 2. The molecule has 0 aromatic heterocycles. The van der Waals surface area contributed by atoms with Crippen molar-refractivity contribution in [2.75, 3.05) is 0 Å². The Balaban J connectivity index is 1.80. The van der Waals surface area contributed by atoms with Gasteiger partial charge in [-0.05, 0) is 30.9 Å². The molecule has 0 saturated carbocycles. The molecule has 3 nitrogen and oxygen atoms in total. The van der Waals surface area contributed by atoms with E-state index in [9.17, 15) is 18.8 Å². The highest BCUT2D eigenvalue weighted by atomic mass is 19.1. The molecule has 0 radical (unpaired) electrons. The lowest BCUT2D eigenvalue weighted by Gasteiger charge is -2.36. The van der Waals surface area contributed by atoms with Crippen LogP contribution < -0.4 is 0 Å². The van der Waals surface area contributed by atoms with E-state index in [-0.39, 0.29) is 28.5 Å². The summed E-state index contributed by atoms with van der Waals surface area (Å²) < 4.78 is 14.8. The summed E-state index contributed by atoms with van der Waals surface area (Å²) in [5.41, 5.74) is 3.12. The lowest BCUT2D eigenvalue weighted by molar-refractivity contribution is -0.116. The van der Waals surface area contributed by atoms with Crippen LogP contribution in [0.5, 0.6) is 0 Å². The van der Waals surface area contributed by atoms with E-state index in [0.29, 0.717) is 41.5 Å². The van der Waals surface area contributed by atoms with Crippen LogP contribution in [0.1, 0.15) is 57.9 Å². The number of hydrogen-bond acceptors (Lipinski definition) is 3. The molecule has 3 aliphatic rings. The quantitative estimate of drug-likeness (QED) is 0.727. The summed E-state index contributed by atoms with van der Waals surface area (Å²) in [5, 5.41) is 0. The second-order valence-electron chi connectivity index (χ2n) is 7.52. The summed E-state index contributed by atoms with van der Waals surface area (Å²) in [6.45, 7) is 0. The van der Waals surface area contributed by atoms with Crippen molar-refractivity contribution in [3.8, 4) is 0 Å². The van der Waals surface area contributed by atoms with Crippen LogP contribution in [-0.2, 0) is 4.79 Å². The first-order valence-corrected chi connectivity index (χ1v) is 9.49. The maximum atomic E-state index is 14.8. The van der Waals surface area contributed by atoms with Crippen LogP contribution >= 0.6 is 0 Å². The maximum absolute atomic E-state index is 14.8. The van der Waals surface area contributed by atoms with Gasteiger partial charge in [0.1, 0.15) is 5.82 Å². The summed E-state index contributed by atoms with van der Waals surface area (Å²) in [5.74, 6) is -1.78. The zero-order chi connectivity index (χ0) is 19.4. The average molecular weight is 372 g/mol. The Morgan fingerprint density at radius 3 is 2.21 bits per heavy atom. The van der Waals surface area contributed by atoms with Crippen LogP contribution in [0, 0.1) is 5.82 Å². The number of carbonyl (C=O) groups excluding carboxylic acids is 3. The fourth-order valence-electron chi connectivity index (χ4n) is 4.78. The third kappa shape index (κ3) is 2.30. The number of rotatable bonds is 1. The standard InChI is InChI=1S/C24H17FO3/c25-18-10-4-3-9-16(18)21-20-13(6-5-11-19(20)26)12-17-22(21)24(28)15-8-2-1-7-14(15)23(17)27/h1-4,7-10,21H,5-6,11-12H2. The first kappa shape index (κ1) is 17.0. The SMILES string of the molecule is O=C1CCCC2=C1C(c1ccccc1F)C1=C(C2)C(=O)c2ccccc2C1=O. The highest BCUT2D eigenvalue weighted by Gasteiger charge is 2.44. The van der Waals surface area contributed by atoms with Gasteiger partial charge in [0.25, 0.3) is 0 Å². The summed E-state index contributed by atoms with van der Waals surface area (Å²) in [7, 11) is 0. The lowest BCUT2D eigenvalue weighted by atomic mass is 9.65. The van der Waals surface area contributed by atoms with Gasteiger partial charge in [0.15, 0.2) is 17.3 Å². The highest BCUT2D eigenvalue weighted by molar-refractivity contribution is 6.28. The highest BCUT2D eigenvalue weighted by Crippen LogP contribution is 2.49.